The molecule has 1 rings (SSSR count). The highest BCUT2D eigenvalue weighted by Gasteiger charge is 2.11. The van der Waals surface area contributed by atoms with Crippen LogP contribution in [0.5, 0.6) is 0 Å². The topological polar surface area (TPSA) is 58.2 Å². The van der Waals surface area contributed by atoms with Crippen LogP contribution in [0.4, 0.5) is 0 Å². The average molecular weight is 284 g/mol. The number of rotatable bonds is 9. The lowest BCUT2D eigenvalue weighted by Crippen LogP contribution is -2.23. The van der Waals surface area contributed by atoms with E-state index in [1.165, 1.54) is 5.56 Å². The van der Waals surface area contributed by atoms with Gasteiger partial charge in [-0.3, -0.25) is 0 Å². The predicted octanol–water partition coefficient (Wildman–Crippen LogP) is 1.92. The lowest BCUT2D eigenvalue weighted by molar-refractivity contribution is 0.584. The van der Waals surface area contributed by atoms with Crippen molar-refractivity contribution in [1.29, 1.82) is 0 Å². The summed E-state index contributed by atoms with van der Waals surface area (Å²) in [7, 11) is -3.32. The Kier molecular flexibility index (Phi) is 7.05. The van der Waals surface area contributed by atoms with Gasteiger partial charge in [-0.1, -0.05) is 26.0 Å². The molecule has 0 aliphatic heterocycles. The summed E-state index contributed by atoms with van der Waals surface area (Å²) in [4.78, 5) is 0.335. The fourth-order valence-electron chi connectivity index (χ4n) is 1.83. The third kappa shape index (κ3) is 5.72. The van der Waals surface area contributed by atoms with E-state index in [-0.39, 0.29) is 0 Å². The van der Waals surface area contributed by atoms with Gasteiger partial charge in [-0.15, -0.1) is 0 Å². The normalized spacial score (nSPS) is 11.7. The van der Waals surface area contributed by atoms with Gasteiger partial charge in [0.2, 0.25) is 10.0 Å². The van der Waals surface area contributed by atoms with Crippen molar-refractivity contribution in [2.75, 3.05) is 19.6 Å². The van der Waals surface area contributed by atoms with Crippen LogP contribution in [-0.2, 0) is 16.4 Å². The van der Waals surface area contributed by atoms with E-state index in [9.17, 15) is 8.42 Å². The smallest absolute Gasteiger partial charge is 0.240 e. The highest BCUT2D eigenvalue weighted by atomic mass is 32.2. The van der Waals surface area contributed by atoms with Gasteiger partial charge in [0.25, 0.3) is 0 Å². The Hall–Kier alpha value is -0.910. The van der Waals surface area contributed by atoms with Crippen LogP contribution in [0.15, 0.2) is 29.2 Å². The summed E-state index contributed by atoms with van der Waals surface area (Å²) in [5.74, 6) is 0. The zero-order valence-electron chi connectivity index (χ0n) is 11.8. The summed E-state index contributed by atoms with van der Waals surface area (Å²) in [6.07, 6.45) is 3.19. The summed E-state index contributed by atoms with van der Waals surface area (Å²) in [5.41, 5.74) is 1.17. The number of sulfonamides is 1. The van der Waals surface area contributed by atoms with Gasteiger partial charge in [0.05, 0.1) is 4.90 Å². The highest BCUT2D eigenvalue weighted by molar-refractivity contribution is 7.89. The zero-order valence-corrected chi connectivity index (χ0v) is 12.6. The maximum absolute atomic E-state index is 11.8. The summed E-state index contributed by atoms with van der Waals surface area (Å²) in [6, 6.07) is 7.13. The van der Waals surface area contributed by atoms with Gasteiger partial charge in [0.15, 0.2) is 0 Å². The van der Waals surface area contributed by atoms with Crippen molar-refractivity contribution in [2.45, 2.75) is 38.0 Å². The van der Waals surface area contributed by atoms with Gasteiger partial charge in [-0.25, -0.2) is 13.1 Å². The quantitative estimate of drug-likeness (QED) is 0.681. The fraction of sp³-hybridized carbons (Fsp3) is 0.571. The molecule has 4 nitrogen and oxygen atoms in total. The summed E-state index contributed by atoms with van der Waals surface area (Å²) in [5, 5.41) is 3.35. The van der Waals surface area contributed by atoms with Crippen molar-refractivity contribution in [2.24, 2.45) is 0 Å². The van der Waals surface area contributed by atoms with Crippen molar-refractivity contribution in [3.63, 3.8) is 0 Å². The molecule has 0 fully saturated rings. The molecule has 0 atom stereocenters. The van der Waals surface area contributed by atoms with E-state index in [0.29, 0.717) is 11.4 Å². The predicted molar refractivity (Wildman–Crippen MR) is 78.8 cm³/mol. The van der Waals surface area contributed by atoms with Gasteiger partial charge in [0.1, 0.15) is 0 Å². The monoisotopic (exact) mass is 284 g/mol. The minimum Gasteiger partial charge on any atom is -0.317 e. The molecule has 0 unspecified atom stereocenters. The molecule has 2 N–H and O–H groups in total. The van der Waals surface area contributed by atoms with Gasteiger partial charge in [-0.05, 0) is 50.0 Å². The molecule has 19 heavy (non-hydrogen) atoms. The first kappa shape index (κ1) is 16.1. The molecule has 108 valence electrons. The van der Waals surface area contributed by atoms with E-state index in [2.05, 4.69) is 17.0 Å². The molecule has 0 bridgehead atoms. The summed E-state index contributed by atoms with van der Waals surface area (Å²) >= 11 is 0. The first-order valence-electron chi connectivity index (χ1n) is 6.89. The number of hydrogen-bond donors (Lipinski definition) is 2. The highest BCUT2D eigenvalue weighted by Crippen LogP contribution is 2.11. The molecule has 0 radical (unpaired) electrons. The number of benzene rings is 1. The maximum Gasteiger partial charge on any atom is 0.240 e. The van der Waals surface area contributed by atoms with Crippen LogP contribution in [0.3, 0.4) is 0 Å². The minimum atomic E-state index is -3.32. The SMILES string of the molecule is CCCNCCCc1ccc(S(=O)(=O)NCC)cc1. The lowest BCUT2D eigenvalue weighted by Gasteiger charge is -2.06. The van der Waals surface area contributed by atoms with Crippen LogP contribution in [0.25, 0.3) is 0 Å². The van der Waals surface area contributed by atoms with Gasteiger partial charge in [0, 0.05) is 6.54 Å². The van der Waals surface area contributed by atoms with Crippen molar-refractivity contribution in [3.8, 4) is 0 Å². The van der Waals surface area contributed by atoms with E-state index in [0.717, 1.165) is 32.4 Å². The van der Waals surface area contributed by atoms with Crippen LogP contribution in [0.1, 0.15) is 32.3 Å². The molecular formula is C14H24N2O2S. The second kappa shape index (κ2) is 8.30. The summed E-state index contributed by atoms with van der Waals surface area (Å²) in [6.45, 7) is 6.39. The number of nitrogens with one attached hydrogen (secondary N) is 2. The van der Waals surface area contributed by atoms with E-state index in [4.69, 9.17) is 0 Å². The lowest BCUT2D eigenvalue weighted by atomic mass is 10.1. The molecule has 1 aromatic rings. The van der Waals surface area contributed by atoms with Crippen molar-refractivity contribution >= 4 is 10.0 Å². The Balaban J connectivity index is 2.48. The first-order valence-corrected chi connectivity index (χ1v) is 8.37. The molecule has 5 heteroatoms. The molecule has 0 amide bonds. The van der Waals surface area contributed by atoms with Gasteiger partial charge >= 0.3 is 0 Å². The second-order valence-corrected chi connectivity index (χ2v) is 6.27. The van der Waals surface area contributed by atoms with E-state index < -0.39 is 10.0 Å². The fourth-order valence-corrected chi connectivity index (χ4v) is 2.87. The molecule has 0 heterocycles. The van der Waals surface area contributed by atoms with Crippen molar-refractivity contribution < 1.29 is 8.42 Å². The largest absolute Gasteiger partial charge is 0.317 e. The molecule has 0 saturated carbocycles. The standard InChI is InChI=1S/C14H24N2O2S/c1-3-11-15-12-5-6-13-7-9-14(10-8-13)19(17,18)16-4-2/h7-10,15-16H,3-6,11-12H2,1-2H3. The minimum absolute atomic E-state index is 0.335. The van der Waals surface area contributed by atoms with Crippen LogP contribution >= 0.6 is 0 Å². The summed E-state index contributed by atoms with van der Waals surface area (Å²) < 4.78 is 26.0. The van der Waals surface area contributed by atoms with Gasteiger partial charge in [-0.2, -0.15) is 0 Å². The molecule has 0 aromatic heterocycles. The van der Waals surface area contributed by atoms with E-state index in [1.807, 2.05) is 12.1 Å². The van der Waals surface area contributed by atoms with Crippen LogP contribution in [0, 0.1) is 0 Å². The Morgan fingerprint density at radius 2 is 1.74 bits per heavy atom. The molecule has 0 aliphatic carbocycles. The van der Waals surface area contributed by atoms with Crippen molar-refractivity contribution in [1.82, 2.24) is 10.0 Å². The number of aryl methyl sites for hydroxylation is 1. The maximum atomic E-state index is 11.8. The van der Waals surface area contributed by atoms with Crippen molar-refractivity contribution in [3.05, 3.63) is 29.8 Å². The number of hydrogen-bond acceptors (Lipinski definition) is 3. The van der Waals surface area contributed by atoms with E-state index >= 15 is 0 Å². The molecule has 1 aromatic carbocycles. The van der Waals surface area contributed by atoms with Crippen LogP contribution in [0.2, 0.25) is 0 Å². The Bertz CT molecular complexity index is 455. The Labute approximate surface area is 116 Å². The van der Waals surface area contributed by atoms with Gasteiger partial charge < -0.3 is 5.32 Å². The average Bonchev–Trinajstić information content (AvgIpc) is 2.39. The third-order valence-electron chi connectivity index (χ3n) is 2.81. The zero-order chi connectivity index (χ0) is 14.1. The first-order chi connectivity index (χ1) is 9.10. The second-order valence-electron chi connectivity index (χ2n) is 4.50. The molecule has 0 spiro atoms. The molecular weight excluding hydrogens is 260 g/mol. The van der Waals surface area contributed by atoms with E-state index in [1.54, 1.807) is 19.1 Å². The van der Waals surface area contributed by atoms with Crippen LogP contribution in [-0.4, -0.2) is 28.1 Å². The Morgan fingerprint density at radius 1 is 1.05 bits per heavy atom. The Morgan fingerprint density at radius 3 is 2.32 bits per heavy atom. The molecule has 0 aliphatic rings. The third-order valence-corrected chi connectivity index (χ3v) is 4.38. The van der Waals surface area contributed by atoms with Crippen LogP contribution < -0.4 is 10.0 Å². The molecule has 0 saturated heterocycles.